The van der Waals surface area contributed by atoms with E-state index in [1.54, 1.807) is 12.1 Å². The zero-order chi connectivity index (χ0) is 20.1. The minimum absolute atomic E-state index is 0.0280. The standard InChI is InChI=1S/C24H25FN2O2/c25-20-10-8-17(9-11-20)4-3-7-24(28)27-23-16-29-15-19(23)14-18-12-13-26-22-6-2-1-5-21(18)22/h1-2,5-6,8-13,19,23H,3-4,7,14-16H2,(H,27,28)/t19-,23+/m1/s1. The molecule has 2 heterocycles. The van der Waals surface area contributed by atoms with Gasteiger partial charge in [0.25, 0.3) is 0 Å². The highest BCUT2D eigenvalue weighted by Crippen LogP contribution is 2.24. The number of pyridine rings is 1. The van der Waals surface area contributed by atoms with Crippen LogP contribution in [-0.2, 0) is 22.4 Å². The lowest BCUT2D eigenvalue weighted by Crippen LogP contribution is -2.40. The van der Waals surface area contributed by atoms with Crippen molar-refractivity contribution in [2.75, 3.05) is 13.2 Å². The van der Waals surface area contributed by atoms with Crippen LogP contribution in [0.25, 0.3) is 10.9 Å². The minimum atomic E-state index is -0.235. The zero-order valence-corrected chi connectivity index (χ0v) is 16.3. The second-order valence-corrected chi connectivity index (χ2v) is 7.64. The molecule has 29 heavy (non-hydrogen) atoms. The molecule has 3 aromatic rings. The Morgan fingerprint density at radius 2 is 1.93 bits per heavy atom. The highest BCUT2D eigenvalue weighted by atomic mass is 19.1. The third kappa shape index (κ3) is 4.98. The topological polar surface area (TPSA) is 51.2 Å². The number of fused-ring (bicyclic) bond motifs is 1. The Morgan fingerprint density at radius 1 is 1.10 bits per heavy atom. The fourth-order valence-electron chi connectivity index (χ4n) is 3.96. The largest absolute Gasteiger partial charge is 0.379 e. The Kier molecular flexibility index (Phi) is 6.15. The number of aromatic nitrogens is 1. The second-order valence-electron chi connectivity index (χ2n) is 7.64. The van der Waals surface area contributed by atoms with Crippen molar-refractivity contribution in [1.82, 2.24) is 10.3 Å². The van der Waals surface area contributed by atoms with Gasteiger partial charge in [0.1, 0.15) is 5.82 Å². The van der Waals surface area contributed by atoms with E-state index in [9.17, 15) is 9.18 Å². The van der Waals surface area contributed by atoms with Crippen LogP contribution in [0.2, 0.25) is 0 Å². The third-order valence-electron chi connectivity index (χ3n) is 5.55. The molecule has 0 radical (unpaired) electrons. The van der Waals surface area contributed by atoms with Crippen LogP contribution >= 0.6 is 0 Å². The minimum Gasteiger partial charge on any atom is -0.379 e. The van der Waals surface area contributed by atoms with Crippen LogP contribution < -0.4 is 5.32 Å². The average molecular weight is 392 g/mol. The number of para-hydroxylation sites is 1. The third-order valence-corrected chi connectivity index (χ3v) is 5.55. The summed E-state index contributed by atoms with van der Waals surface area (Å²) in [5.41, 5.74) is 3.28. The predicted molar refractivity (Wildman–Crippen MR) is 111 cm³/mol. The number of aryl methyl sites for hydroxylation is 1. The zero-order valence-electron chi connectivity index (χ0n) is 16.3. The van der Waals surface area contributed by atoms with Crippen LogP contribution in [-0.4, -0.2) is 30.1 Å². The van der Waals surface area contributed by atoms with Gasteiger partial charge in [-0.1, -0.05) is 30.3 Å². The molecule has 2 aromatic carbocycles. The summed E-state index contributed by atoms with van der Waals surface area (Å²) in [4.78, 5) is 16.8. The first-order valence-electron chi connectivity index (χ1n) is 10.1. The predicted octanol–water partition coefficient (Wildman–Crippen LogP) is 4.07. The highest BCUT2D eigenvalue weighted by molar-refractivity contribution is 5.82. The molecule has 0 saturated carbocycles. The Balaban J connectivity index is 1.31. The first kappa shape index (κ1) is 19.5. The van der Waals surface area contributed by atoms with Crippen molar-refractivity contribution >= 4 is 16.8 Å². The van der Waals surface area contributed by atoms with Gasteiger partial charge in [-0.25, -0.2) is 4.39 Å². The van der Waals surface area contributed by atoms with Gasteiger partial charge in [-0.05, 0) is 54.7 Å². The molecule has 4 rings (SSSR count). The van der Waals surface area contributed by atoms with Gasteiger partial charge in [0.2, 0.25) is 5.91 Å². The van der Waals surface area contributed by atoms with Crippen molar-refractivity contribution in [3.05, 3.63) is 77.7 Å². The SMILES string of the molecule is O=C(CCCc1ccc(F)cc1)N[C@H]1COC[C@H]1Cc1ccnc2ccccc12. The lowest BCUT2D eigenvalue weighted by molar-refractivity contribution is -0.122. The van der Waals surface area contributed by atoms with E-state index in [-0.39, 0.29) is 23.7 Å². The van der Waals surface area contributed by atoms with Crippen LogP contribution in [0.5, 0.6) is 0 Å². The van der Waals surface area contributed by atoms with E-state index >= 15 is 0 Å². The Hall–Kier alpha value is -2.79. The van der Waals surface area contributed by atoms with Crippen molar-refractivity contribution < 1.29 is 13.9 Å². The number of benzene rings is 2. The van der Waals surface area contributed by atoms with E-state index < -0.39 is 0 Å². The number of nitrogens with zero attached hydrogens (tertiary/aromatic N) is 1. The van der Waals surface area contributed by atoms with Gasteiger partial charge >= 0.3 is 0 Å². The van der Waals surface area contributed by atoms with Crippen molar-refractivity contribution in [2.45, 2.75) is 31.7 Å². The van der Waals surface area contributed by atoms with Crippen molar-refractivity contribution in [2.24, 2.45) is 5.92 Å². The molecule has 5 heteroatoms. The van der Waals surface area contributed by atoms with E-state index in [0.29, 0.717) is 19.6 Å². The monoisotopic (exact) mass is 392 g/mol. The maximum absolute atomic E-state index is 13.0. The average Bonchev–Trinajstić information content (AvgIpc) is 3.16. The lowest BCUT2D eigenvalue weighted by Gasteiger charge is -2.20. The smallest absolute Gasteiger partial charge is 0.220 e. The van der Waals surface area contributed by atoms with Gasteiger partial charge in [0, 0.05) is 23.9 Å². The van der Waals surface area contributed by atoms with E-state index in [4.69, 9.17) is 4.74 Å². The summed E-state index contributed by atoms with van der Waals surface area (Å²) in [5.74, 6) is 0.0646. The summed E-state index contributed by atoms with van der Waals surface area (Å²) >= 11 is 0. The highest BCUT2D eigenvalue weighted by Gasteiger charge is 2.29. The van der Waals surface area contributed by atoms with Gasteiger partial charge in [0.15, 0.2) is 0 Å². The molecule has 1 saturated heterocycles. The van der Waals surface area contributed by atoms with Crippen LogP contribution in [0.4, 0.5) is 4.39 Å². The summed E-state index contributed by atoms with van der Waals surface area (Å²) in [6, 6.07) is 16.7. The molecule has 1 amide bonds. The number of amides is 1. The number of nitrogens with one attached hydrogen (secondary N) is 1. The fraction of sp³-hybridized carbons (Fsp3) is 0.333. The van der Waals surface area contributed by atoms with Crippen LogP contribution in [0.3, 0.4) is 0 Å². The summed E-state index contributed by atoms with van der Waals surface area (Å²) in [6.45, 7) is 1.20. The van der Waals surface area contributed by atoms with E-state index in [2.05, 4.69) is 22.4 Å². The molecular weight excluding hydrogens is 367 g/mol. The van der Waals surface area contributed by atoms with Gasteiger partial charge < -0.3 is 10.1 Å². The Bertz CT molecular complexity index is 969. The molecule has 0 bridgehead atoms. The normalized spacial score (nSPS) is 18.8. The fourth-order valence-corrected chi connectivity index (χ4v) is 3.96. The molecular formula is C24H25FN2O2. The van der Waals surface area contributed by atoms with Gasteiger partial charge in [-0.2, -0.15) is 0 Å². The molecule has 1 aliphatic rings. The molecule has 150 valence electrons. The summed E-state index contributed by atoms with van der Waals surface area (Å²) in [6.07, 6.45) is 4.66. The van der Waals surface area contributed by atoms with E-state index in [1.165, 1.54) is 17.7 Å². The Morgan fingerprint density at radius 3 is 2.79 bits per heavy atom. The van der Waals surface area contributed by atoms with E-state index in [1.807, 2.05) is 24.4 Å². The molecule has 2 atom stereocenters. The molecule has 0 unspecified atom stereocenters. The summed E-state index contributed by atoms with van der Waals surface area (Å²) in [5, 5.41) is 4.31. The quantitative estimate of drug-likeness (QED) is 0.659. The Labute approximate surface area is 170 Å². The molecule has 1 aliphatic heterocycles. The number of rotatable bonds is 7. The number of halogens is 1. The van der Waals surface area contributed by atoms with Crippen molar-refractivity contribution in [1.29, 1.82) is 0 Å². The number of ether oxygens (including phenoxy) is 1. The van der Waals surface area contributed by atoms with Crippen LogP contribution in [0.1, 0.15) is 24.0 Å². The number of carbonyl (C=O) groups excluding carboxylic acids is 1. The van der Waals surface area contributed by atoms with E-state index in [0.717, 1.165) is 35.7 Å². The van der Waals surface area contributed by atoms with Crippen LogP contribution in [0.15, 0.2) is 60.8 Å². The van der Waals surface area contributed by atoms with Crippen molar-refractivity contribution in [3.63, 3.8) is 0 Å². The molecule has 0 aliphatic carbocycles. The second kappa shape index (κ2) is 9.14. The summed E-state index contributed by atoms with van der Waals surface area (Å²) < 4.78 is 18.6. The summed E-state index contributed by atoms with van der Waals surface area (Å²) in [7, 11) is 0. The van der Waals surface area contributed by atoms with Gasteiger partial charge in [-0.3, -0.25) is 9.78 Å². The first-order chi connectivity index (χ1) is 14.2. The van der Waals surface area contributed by atoms with Gasteiger partial charge in [0.05, 0.1) is 24.8 Å². The number of hydrogen-bond donors (Lipinski definition) is 1. The number of carbonyl (C=O) groups is 1. The van der Waals surface area contributed by atoms with Crippen LogP contribution in [0, 0.1) is 11.7 Å². The maximum atomic E-state index is 13.0. The molecule has 1 aromatic heterocycles. The maximum Gasteiger partial charge on any atom is 0.220 e. The van der Waals surface area contributed by atoms with Crippen molar-refractivity contribution in [3.8, 4) is 0 Å². The molecule has 1 fully saturated rings. The molecule has 0 spiro atoms. The van der Waals surface area contributed by atoms with Gasteiger partial charge in [-0.15, -0.1) is 0 Å². The first-order valence-corrected chi connectivity index (χ1v) is 10.1. The molecule has 4 nitrogen and oxygen atoms in total. The number of hydrogen-bond acceptors (Lipinski definition) is 3. The lowest BCUT2D eigenvalue weighted by atomic mass is 9.93. The molecule has 1 N–H and O–H groups in total.